The number of anilines is 1. The van der Waals surface area contributed by atoms with Crippen LogP contribution in [-0.2, 0) is 26.2 Å². The van der Waals surface area contributed by atoms with Gasteiger partial charge in [0.2, 0.25) is 0 Å². The predicted molar refractivity (Wildman–Crippen MR) is 105 cm³/mol. The summed E-state index contributed by atoms with van der Waals surface area (Å²) in [6.07, 6.45) is 0.714. The first-order valence-electron chi connectivity index (χ1n) is 9.18. The summed E-state index contributed by atoms with van der Waals surface area (Å²) in [6.45, 7) is 0.631. The number of halogens is 1. The molecule has 0 radical (unpaired) electrons. The number of carbonyl (C=O) groups is 2. The van der Waals surface area contributed by atoms with Crippen molar-refractivity contribution >= 4 is 39.2 Å². The summed E-state index contributed by atoms with van der Waals surface area (Å²) < 4.78 is 29.0. The molecule has 9 nitrogen and oxygen atoms in total. The number of hydrogen-bond donors (Lipinski definition) is 1. The number of carbonyl (C=O) groups excluding carboxylic acids is 2. The second kappa shape index (κ2) is 7.44. The Hall–Kier alpha value is -2.85. The van der Waals surface area contributed by atoms with Gasteiger partial charge in [-0.15, -0.1) is 0 Å². The maximum Gasteiger partial charge on any atom is 0.275 e. The van der Waals surface area contributed by atoms with E-state index >= 15 is 0 Å². The number of nitrogens with zero attached hydrogens (tertiary/aromatic N) is 2. The number of amides is 1. The molecule has 1 N–H and O–H groups in total. The van der Waals surface area contributed by atoms with Gasteiger partial charge in [0.1, 0.15) is 11.7 Å². The Morgan fingerprint density at radius 3 is 2.43 bits per heavy atom. The number of pyridine rings is 1. The zero-order valence-electron chi connectivity index (χ0n) is 15.6. The Kier molecular flexibility index (Phi) is 5.07. The number of nitrogens with one attached hydrogen (secondary N) is 1. The van der Waals surface area contributed by atoms with Crippen LogP contribution >= 0.6 is 11.6 Å². The van der Waals surface area contributed by atoms with E-state index in [-0.39, 0.29) is 42.1 Å². The molecule has 0 unspecified atom stereocenters. The Labute approximate surface area is 176 Å². The molecule has 1 amide bonds. The van der Waals surface area contributed by atoms with Gasteiger partial charge in [0, 0.05) is 36.3 Å². The van der Waals surface area contributed by atoms with E-state index in [9.17, 15) is 27.9 Å². The summed E-state index contributed by atoms with van der Waals surface area (Å²) in [7, 11) is -3.97. The maximum absolute atomic E-state index is 13.0. The molecule has 2 atom stereocenters. The lowest BCUT2D eigenvalue weighted by molar-refractivity contribution is -0.302. The number of carboxylic acid groups (broad SMARTS) is 1. The molecule has 2 aliphatic heterocycles. The van der Waals surface area contributed by atoms with E-state index in [2.05, 4.69) is 4.72 Å². The molecule has 1 aromatic heterocycles. The molecule has 1 aromatic carbocycles. The van der Waals surface area contributed by atoms with Gasteiger partial charge < -0.3 is 19.4 Å². The Morgan fingerprint density at radius 1 is 1.07 bits per heavy atom. The normalized spacial score (nSPS) is 20.4. The molecule has 30 heavy (non-hydrogen) atoms. The average Bonchev–Trinajstić information content (AvgIpc) is 2.70. The molecule has 1 saturated heterocycles. The fourth-order valence-corrected chi connectivity index (χ4v) is 5.32. The van der Waals surface area contributed by atoms with Crippen molar-refractivity contribution in [1.82, 2.24) is 9.47 Å². The first-order valence-corrected chi connectivity index (χ1v) is 11.0. The number of benzene rings is 1. The van der Waals surface area contributed by atoms with Crippen molar-refractivity contribution in [3.05, 3.63) is 57.5 Å². The van der Waals surface area contributed by atoms with E-state index in [1.54, 1.807) is 6.07 Å². The van der Waals surface area contributed by atoms with Crippen molar-refractivity contribution < 1.29 is 23.1 Å². The van der Waals surface area contributed by atoms with Gasteiger partial charge in [0.05, 0.1) is 4.90 Å². The van der Waals surface area contributed by atoms with Crippen LogP contribution in [-0.4, -0.2) is 42.9 Å². The maximum atomic E-state index is 13.0. The van der Waals surface area contributed by atoms with Crippen LogP contribution in [0.2, 0.25) is 5.02 Å². The monoisotopic (exact) mass is 450 g/mol. The van der Waals surface area contributed by atoms with Crippen LogP contribution < -0.4 is 15.4 Å². The topological polar surface area (TPSA) is 129 Å². The van der Waals surface area contributed by atoms with Crippen LogP contribution in [0.25, 0.3) is 0 Å². The van der Waals surface area contributed by atoms with Crippen molar-refractivity contribution in [2.45, 2.75) is 23.8 Å². The molecule has 1 fully saturated rings. The van der Waals surface area contributed by atoms with Gasteiger partial charge in [-0.25, -0.2) is 8.42 Å². The zero-order chi connectivity index (χ0) is 21.6. The molecule has 2 aliphatic rings. The molecule has 0 spiro atoms. The van der Waals surface area contributed by atoms with Crippen LogP contribution in [0, 0.1) is 5.92 Å². The fraction of sp³-hybridized carbons (Fsp3) is 0.316. The third-order valence-corrected chi connectivity index (χ3v) is 7.07. The van der Waals surface area contributed by atoms with E-state index < -0.39 is 27.5 Å². The highest BCUT2D eigenvalue weighted by Crippen LogP contribution is 2.35. The molecule has 2 aromatic rings. The number of piperidine rings is 1. The minimum absolute atomic E-state index is 0.0256. The first kappa shape index (κ1) is 20.4. The average molecular weight is 451 g/mol. The highest BCUT2D eigenvalue weighted by molar-refractivity contribution is 7.92. The lowest BCUT2D eigenvalue weighted by Gasteiger charge is -2.42. The quantitative estimate of drug-likeness (QED) is 0.655. The highest BCUT2D eigenvalue weighted by Gasteiger charge is 2.37. The fourth-order valence-electron chi connectivity index (χ4n) is 4.14. The first-order chi connectivity index (χ1) is 14.2. The van der Waals surface area contributed by atoms with Crippen LogP contribution in [0.1, 0.15) is 18.0 Å². The van der Waals surface area contributed by atoms with Crippen LogP contribution in [0.4, 0.5) is 5.69 Å². The minimum Gasteiger partial charge on any atom is -0.540 e. The molecule has 0 aliphatic carbocycles. The third kappa shape index (κ3) is 3.68. The Bertz CT molecular complexity index is 1190. The van der Waals surface area contributed by atoms with Gasteiger partial charge >= 0.3 is 0 Å². The number of fused-ring (bicyclic) bond motifs is 4. The van der Waals surface area contributed by atoms with Crippen molar-refractivity contribution in [3.63, 3.8) is 0 Å². The minimum atomic E-state index is -3.97. The summed E-state index contributed by atoms with van der Waals surface area (Å²) in [4.78, 5) is 36.9. The van der Waals surface area contributed by atoms with E-state index in [0.717, 1.165) is 0 Å². The van der Waals surface area contributed by atoms with Crippen molar-refractivity contribution in [1.29, 1.82) is 0 Å². The third-order valence-electron chi connectivity index (χ3n) is 5.43. The molecule has 2 bridgehead atoms. The van der Waals surface area contributed by atoms with Gasteiger partial charge in [-0.2, -0.15) is 0 Å². The van der Waals surface area contributed by atoms with Gasteiger partial charge in [0.15, 0.2) is 0 Å². The Morgan fingerprint density at radius 2 is 1.77 bits per heavy atom. The standard InChI is InChI=1S/C19H18ClN3O6S/c20-13-1-3-14(4-2-13)30(28,29)21-15-5-6-16-12-7-11(9-23(16)17(15)24)8-22(10-12)18(25)19(26)27/h1-6,11-12,21H,7-10H2,(H,26,27)/p-1/t11-,12+/m0/s1. The summed E-state index contributed by atoms with van der Waals surface area (Å²) in [5.74, 6) is -3.14. The second-order valence-corrected chi connectivity index (χ2v) is 9.56. The molecule has 11 heteroatoms. The number of aromatic nitrogens is 1. The molecular weight excluding hydrogens is 434 g/mol. The van der Waals surface area contributed by atoms with E-state index in [1.807, 2.05) is 0 Å². The van der Waals surface area contributed by atoms with Crippen LogP contribution in [0.3, 0.4) is 0 Å². The number of hydrogen-bond acceptors (Lipinski definition) is 6. The lowest BCUT2D eigenvalue weighted by Crippen LogP contribution is -2.53. The SMILES string of the molecule is O=C([O-])C(=O)N1C[C@@H]2C[C@H](C1)c1ccc(NS(=O)(=O)c3ccc(Cl)cc3)c(=O)n1C2. The van der Waals surface area contributed by atoms with E-state index in [0.29, 0.717) is 17.1 Å². The van der Waals surface area contributed by atoms with Gasteiger partial charge in [-0.1, -0.05) is 11.6 Å². The number of rotatable bonds is 3. The number of aliphatic carboxylic acids is 1. The molecule has 158 valence electrons. The van der Waals surface area contributed by atoms with Crippen molar-refractivity contribution in [3.8, 4) is 0 Å². The lowest BCUT2D eigenvalue weighted by atomic mass is 9.83. The highest BCUT2D eigenvalue weighted by atomic mass is 35.5. The molecule has 4 rings (SSSR count). The molecule has 0 saturated carbocycles. The van der Waals surface area contributed by atoms with Gasteiger partial charge in [-0.3, -0.25) is 14.3 Å². The van der Waals surface area contributed by atoms with Gasteiger partial charge in [-0.05, 0) is 48.7 Å². The zero-order valence-corrected chi connectivity index (χ0v) is 17.1. The van der Waals surface area contributed by atoms with Crippen molar-refractivity contribution in [2.24, 2.45) is 5.92 Å². The summed E-state index contributed by atoms with van der Waals surface area (Å²) >= 11 is 5.79. The predicted octanol–water partition coefficient (Wildman–Crippen LogP) is -0.00190. The van der Waals surface area contributed by atoms with E-state index in [4.69, 9.17) is 11.6 Å². The number of sulfonamides is 1. The summed E-state index contributed by atoms with van der Waals surface area (Å²) in [5.41, 5.74) is 0.0669. The summed E-state index contributed by atoms with van der Waals surface area (Å²) in [5, 5.41) is 11.3. The van der Waals surface area contributed by atoms with Crippen molar-refractivity contribution in [2.75, 3.05) is 17.8 Å². The van der Waals surface area contributed by atoms with Crippen LogP contribution in [0.5, 0.6) is 0 Å². The molecule has 3 heterocycles. The number of likely N-dealkylation sites (tertiary alicyclic amines) is 1. The number of carboxylic acids is 1. The largest absolute Gasteiger partial charge is 0.540 e. The summed E-state index contributed by atoms with van der Waals surface area (Å²) in [6, 6.07) is 8.59. The smallest absolute Gasteiger partial charge is 0.275 e. The molecular formula is C19H17ClN3O6S-. The van der Waals surface area contributed by atoms with Crippen LogP contribution in [0.15, 0.2) is 46.1 Å². The van der Waals surface area contributed by atoms with Gasteiger partial charge in [0.25, 0.3) is 21.5 Å². The Balaban J connectivity index is 1.63. The second-order valence-electron chi connectivity index (χ2n) is 7.44. The van der Waals surface area contributed by atoms with E-state index in [1.165, 1.54) is 39.8 Å².